The molecule has 5 rings (SSSR count). The van der Waals surface area contributed by atoms with E-state index >= 15 is 0 Å². The molecular weight excluding hydrogens is 501 g/mol. The van der Waals surface area contributed by atoms with Crippen LogP contribution in [0.4, 0.5) is 5.82 Å². The first-order valence-electron chi connectivity index (χ1n) is 12.5. The number of halogens is 2. The smallest absolute Gasteiger partial charge is 0.220 e. The van der Waals surface area contributed by atoms with E-state index in [0.29, 0.717) is 35.5 Å². The Morgan fingerprint density at radius 1 is 1.06 bits per heavy atom. The molecule has 0 aliphatic carbocycles. The Kier molecular flexibility index (Phi) is 8.07. The molecule has 0 spiro atoms. The lowest BCUT2D eigenvalue weighted by Crippen LogP contribution is -2.30. The third kappa shape index (κ3) is 6.08. The highest BCUT2D eigenvalue weighted by molar-refractivity contribution is 7.18. The van der Waals surface area contributed by atoms with Crippen molar-refractivity contribution in [3.8, 4) is 0 Å². The van der Waals surface area contributed by atoms with Gasteiger partial charge in [0.1, 0.15) is 16.2 Å². The first-order chi connectivity index (χ1) is 17.1. The number of aryl methyl sites for hydroxylation is 1. The monoisotopic (exact) mass is 531 g/mol. The van der Waals surface area contributed by atoms with Crippen LogP contribution in [-0.2, 0) is 11.2 Å². The summed E-state index contributed by atoms with van der Waals surface area (Å²) in [6.45, 7) is 4.87. The standard InChI is InChI=1S/C26H31Cl2N5OS/c27-19-7-6-18(17-20(19)28)22-5-3-15-32(22)16-4-12-29-24(34)10-11-25-30-21-8-9-23(31-26(21)35-25)33-13-1-2-14-33/h6-9,17,22H,1-5,10-16H2,(H,29,34). The second-order valence-electron chi connectivity index (χ2n) is 9.37. The molecule has 0 bridgehead atoms. The number of hydrogen-bond donors (Lipinski definition) is 1. The molecule has 1 aromatic carbocycles. The third-order valence-corrected chi connectivity index (χ3v) is 8.68. The molecule has 1 atom stereocenters. The minimum absolute atomic E-state index is 0.0810. The van der Waals surface area contributed by atoms with Crippen molar-refractivity contribution in [1.82, 2.24) is 20.2 Å². The van der Waals surface area contributed by atoms with E-state index in [9.17, 15) is 4.79 Å². The zero-order chi connectivity index (χ0) is 24.2. The lowest BCUT2D eigenvalue weighted by Gasteiger charge is -2.25. The maximum Gasteiger partial charge on any atom is 0.220 e. The van der Waals surface area contributed by atoms with E-state index < -0.39 is 0 Å². The number of aromatic nitrogens is 2. The molecule has 3 aromatic rings. The molecule has 1 N–H and O–H groups in total. The SMILES string of the molecule is O=C(CCc1nc2ccc(N3CCCC3)nc2s1)NCCCN1CCCC1c1ccc(Cl)c(Cl)c1. The van der Waals surface area contributed by atoms with Gasteiger partial charge in [-0.3, -0.25) is 9.69 Å². The van der Waals surface area contributed by atoms with Crippen LogP contribution >= 0.6 is 34.5 Å². The lowest BCUT2D eigenvalue weighted by atomic mass is 10.0. The number of hydrogen-bond acceptors (Lipinski definition) is 6. The molecule has 186 valence electrons. The molecule has 9 heteroatoms. The number of amides is 1. The minimum atomic E-state index is 0.0810. The number of fused-ring (bicyclic) bond motifs is 1. The van der Waals surface area contributed by atoms with Crippen molar-refractivity contribution >= 4 is 56.6 Å². The molecule has 0 saturated carbocycles. The van der Waals surface area contributed by atoms with Gasteiger partial charge in [-0.1, -0.05) is 40.6 Å². The number of carbonyl (C=O) groups is 1. The van der Waals surface area contributed by atoms with Gasteiger partial charge >= 0.3 is 0 Å². The number of rotatable bonds is 9. The van der Waals surface area contributed by atoms with Crippen LogP contribution in [0.2, 0.25) is 10.0 Å². The molecule has 0 radical (unpaired) electrons. The van der Waals surface area contributed by atoms with Crippen molar-refractivity contribution in [2.24, 2.45) is 0 Å². The fourth-order valence-corrected chi connectivity index (χ4v) is 6.33. The summed E-state index contributed by atoms with van der Waals surface area (Å²) in [5.41, 5.74) is 2.15. The Morgan fingerprint density at radius 2 is 1.91 bits per heavy atom. The van der Waals surface area contributed by atoms with E-state index in [0.717, 1.165) is 60.2 Å². The summed E-state index contributed by atoms with van der Waals surface area (Å²) < 4.78 is 0. The van der Waals surface area contributed by atoms with Crippen molar-refractivity contribution in [2.45, 2.75) is 51.0 Å². The van der Waals surface area contributed by atoms with Crippen LogP contribution in [0.15, 0.2) is 30.3 Å². The zero-order valence-corrected chi connectivity index (χ0v) is 22.1. The number of thiazole rings is 1. The molecule has 1 amide bonds. The van der Waals surface area contributed by atoms with Crippen LogP contribution in [0.3, 0.4) is 0 Å². The van der Waals surface area contributed by atoms with Crippen molar-refractivity contribution in [2.75, 3.05) is 37.6 Å². The number of pyridine rings is 1. The molecular formula is C26H31Cl2N5OS. The molecule has 2 aliphatic heterocycles. The second-order valence-corrected chi connectivity index (χ2v) is 11.2. The largest absolute Gasteiger partial charge is 0.357 e. The first kappa shape index (κ1) is 24.8. The van der Waals surface area contributed by atoms with Gasteiger partial charge in [0.2, 0.25) is 5.91 Å². The molecule has 4 heterocycles. The van der Waals surface area contributed by atoms with Gasteiger partial charge < -0.3 is 10.2 Å². The van der Waals surface area contributed by atoms with E-state index in [4.69, 9.17) is 28.2 Å². The van der Waals surface area contributed by atoms with Crippen LogP contribution in [-0.4, -0.2) is 53.5 Å². The van der Waals surface area contributed by atoms with Crippen LogP contribution in [0.25, 0.3) is 10.3 Å². The van der Waals surface area contributed by atoms with Gasteiger partial charge in [-0.05, 0) is 68.5 Å². The highest BCUT2D eigenvalue weighted by Gasteiger charge is 2.26. The van der Waals surface area contributed by atoms with Crippen LogP contribution in [0.5, 0.6) is 0 Å². The van der Waals surface area contributed by atoms with Crippen molar-refractivity contribution < 1.29 is 4.79 Å². The Balaban J connectivity index is 1.05. The van der Waals surface area contributed by atoms with Crippen molar-refractivity contribution in [3.05, 3.63) is 50.9 Å². The van der Waals surface area contributed by atoms with Crippen LogP contribution in [0.1, 0.15) is 55.1 Å². The van der Waals surface area contributed by atoms with E-state index in [1.165, 1.54) is 24.8 Å². The van der Waals surface area contributed by atoms with E-state index in [1.54, 1.807) is 11.3 Å². The normalized spacial score (nSPS) is 18.6. The van der Waals surface area contributed by atoms with Gasteiger partial charge in [0.25, 0.3) is 0 Å². The summed E-state index contributed by atoms with van der Waals surface area (Å²) in [6.07, 6.45) is 6.80. The van der Waals surface area contributed by atoms with Gasteiger partial charge in [0, 0.05) is 45.1 Å². The maximum atomic E-state index is 12.4. The molecule has 2 aromatic heterocycles. The van der Waals surface area contributed by atoms with E-state index in [1.807, 2.05) is 12.1 Å². The predicted molar refractivity (Wildman–Crippen MR) is 145 cm³/mol. The molecule has 2 aliphatic rings. The first-order valence-corrected chi connectivity index (χ1v) is 14.1. The van der Waals surface area contributed by atoms with Gasteiger partial charge in [-0.15, -0.1) is 0 Å². The summed E-state index contributed by atoms with van der Waals surface area (Å²) in [4.78, 5) is 27.7. The molecule has 1 unspecified atom stereocenters. The molecule has 35 heavy (non-hydrogen) atoms. The fourth-order valence-electron chi connectivity index (χ4n) is 5.09. The quantitative estimate of drug-likeness (QED) is 0.349. The van der Waals surface area contributed by atoms with Gasteiger partial charge in [0.15, 0.2) is 0 Å². The average Bonchev–Trinajstić information content (AvgIpc) is 3.62. The number of anilines is 1. The summed E-state index contributed by atoms with van der Waals surface area (Å²) >= 11 is 13.9. The second kappa shape index (κ2) is 11.4. The number of likely N-dealkylation sites (tertiary alicyclic amines) is 1. The topological polar surface area (TPSA) is 61.4 Å². The van der Waals surface area contributed by atoms with Crippen LogP contribution in [0, 0.1) is 0 Å². The van der Waals surface area contributed by atoms with Crippen LogP contribution < -0.4 is 10.2 Å². The van der Waals surface area contributed by atoms with Crippen molar-refractivity contribution in [3.63, 3.8) is 0 Å². The Morgan fingerprint density at radius 3 is 2.74 bits per heavy atom. The maximum absolute atomic E-state index is 12.4. The minimum Gasteiger partial charge on any atom is -0.357 e. The fraction of sp³-hybridized carbons (Fsp3) is 0.500. The highest BCUT2D eigenvalue weighted by Crippen LogP contribution is 2.35. The summed E-state index contributed by atoms with van der Waals surface area (Å²) in [6, 6.07) is 10.4. The van der Waals surface area contributed by atoms with E-state index in [-0.39, 0.29) is 5.91 Å². The number of benzene rings is 1. The number of carbonyl (C=O) groups excluding carboxylic acids is 1. The Bertz CT molecular complexity index is 1180. The summed E-state index contributed by atoms with van der Waals surface area (Å²) in [5.74, 6) is 1.12. The summed E-state index contributed by atoms with van der Waals surface area (Å²) in [7, 11) is 0. The van der Waals surface area contributed by atoms with Gasteiger partial charge in [-0.25, -0.2) is 9.97 Å². The zero-order valence-electron chi connectivity index (χ0n) is 19.8. The predicted octanol–water partition coefficient (Wildman–Crippen LogP) is 5.87. The highest BCUT2D eigenvalue weighted by atomic mass is 35.5. The Hall–Kier alpha value is -1.93. The number of nitrogens with zero attached hydrogens (tertiary/aromatic N) is 4. The molecule has 6 nitrogen and oxygen atoms in total. The average molecular weight is 533 g/mol. The lowest BCUT2D eigenvalue weighted by molar-refractivity contribution is -0.121. The molecule has 2 saturated heterocycles. The summed E-state index contributed by atoms with van der Waals surface area (Å²) in [5, 5.41) is 5.26. The van der Waals surface area contributed by atoms with Crippen molar-refractivity contribution in [1.29, 1.82) is 0 Å². The van der Waals surface area contributed by atoms with Gasteiger partial charge in [0.05, 0.1) is 15.1 Å². The molecule has 2 fully saturated rings. The Labute approximate surface area is 220 Å². The van der Waals surface area contributed by atoms with E-state index in [2.05, 4.69) is 38.3 Å². The third-order valence-electron chi connectivity index (χ3n) is 6.92. The van der Waals surface area contributed by atoms with Gasteiger partial charge in [-0.2, -0.15) is 0 Å². The number of nitrogens with one attached hydrogen (secondary N) is 1.